The van der Waals surface area contributed by atoms with Gasteiger partial charge in [0, 0.05) is 11.6 Å². The summed E-state index contributed by atoms with van der Waals surface area (Å²) in [6, 6.07) is 7.06. The molecule has 0 radical (unpaired) electrons. The minimum absolute atomic E-state index is 0.316. The van der Waals surface area contributed by atoms with Gasteiger partial charge in [0.1, 0.15) is 11.6 Å². The lowest BCUT2D eigenvalue weighted by atomic mass is 10.1. The summed E-state index contributed by atoms with van der Waals surface area (Å²) in [5, 5.41) is 9.42. The van der Waals surface area contributed by atoms with Gasteiger partial charge in [-0.15, -0.1) is 0 Å². The molecular weight excluding hydrogens is 294 g/mol. The van der Waals surface area contributed by atoms with Crippen molar-refractivity contribution in [3.8, 4) is 6.07 Å². The van der Waals surface area contributed by atoms with Gasteiger partial charge in [0.15, 0.2) is 5.82 Å². The van der Waals surface area contributed by atoms with Crippen LogP contribution in [0.2, 0.25) is 0 Å². The van der Waals surface area contributed by atoms with Gasteiger partial charge in [-0.2, -0.15) is 5.26 Å². The number of hydrogen-bond acceptors (Lipinski definition) is 2. The molecule has 0 unspecified atom stereocenters. The molecule has 2 nitrogen and oxygen atoms in total. The second kappa shape index (κ2) is 3.50. The first kappa shape index (κ1) is 9.34. The molecule has 2 rings (SSSR count). The quantitative estimate of drug-likeness (QED) is 0.701. The Hall–Kier alpha value is -1.22. The summed E-state index contributed by atoms with van der Waals surface area (Å²) in [6.07, 6.45) is 1.54. The zero-order valence-corrected chi connectivity index (χ0v) is 9.12. The van der Waals surface area contributed by atoms with Crippen LogP contribution in [0.15, 0.2) is 24.4 Å². The molecule has 2 aromatic rings. The van der Waals surface area contributed by atoms with Crippen LogP contribution < -0.4 is 0 Å². The van der Waals surface area contributed by atoms with Crippen LogP contribution in [0, 0.1) is 20.7 Å². The normalized spacial score (nSPS) is 10.1. The number of aromatic nitrogens is 1. The van der Waals surface area contributed by atoms with E-state index in [1.165, 1.54) is 6.20 Å². The highest BCUT2D eigenvalue weighted by atomic mass is 127. The highest BCUT2D eigenvalue weighted by Gasteiger charge is 2.10. The van der Waals surface area contributed by atoms with Crippen molar-refractivity contribution in [2.45, 2.75) is 0 Å². The van der Waals surface area contributed by atoms with Gasteiger partial charge in [-0.3, -0.25) is 4.98 Å². The van der Waals surface area contributed by atoms with Crippen molar-refractivity contribution in [3.05, 3.63) is 39.3 Å². The summed E-state index contributed by atoms with van der Waals surface area (Å²) < 4.78 is 14.0. The van der Waals surface area contributed by atoms with Crippen LogP contribution in [-0.2, 0) is 0 Å². The summed E-state index contributed by atoms with van der Waals surface area (Å²) >= 11 is 1.82. The molecule has 68 valence electrons. The van der Waals surface area contributed by atoms with Gasteiger partial charge in [-0.25, -0.2) is 4.39 Å². The lowest BCUT2D eigenvalue weighted by Crippen LogP contribution is -1.92. The van der Waals surface area contributed by atoms with Gasteiger partial charge >= 0.3 is 0 Å². The first-order valence-corrected chi connectivity index (χ1v) is 4.94. The molecule has 0 spiro atoms. The van der Waals surface area contributed by atoms with Crippen LogP contribution in [0.25, 0.3) is 10.9 Å². The number of nitriles is 1. The molecule has 1 aromatic heterocycles. The maximum atomic E-state index is 13.6. The molecule has 1 aromatic carbocycles. The Kier molecular flexibility index (Phi) is 2.33. The number of rotatable bonds is 0. The molecule has 0 amide bonds. The summed E-state index contributed by atoms with van der Waals surface area (Å²) in [5.74, 6) is -0.416. The zero-order valence-electron chi connectivity index (χ0n) is 6.96. The molecule has 4 heteroatoms. The highest BCUT2D eigenvalue weighted by molar-refractivity contribution is 14.1. The van der Waals surface area contributed by atoms with Crippen molar-refractivity contribution < 1.29 is 4.39 Å². The monoisotopic (exact) mass is 298 g/mol. The Morgan fingerprint density at radius 3 is 3.00 bits per heavy atom. The fraction of sp³-hybridized carbons (Fsp3) is 0. The topological polar surface area (TPSA) is 36.7 Å². The average Bonchev–Trinajstić information content (AvgIpc) is 2.23. The minimum atomic E-state index is -0.416. The Bertz CT molecular complexity index is 546. The highest BCUT2D eigenvalue weighted by Crippen LogP contribution is 2.23. The van der Waals surface area contributed by atoms with Gasteiger partial charge in [0.25, 0.3) is 0 Å². The minimum Gasteiger partial charge on any atom is -0.253 e. The summed E-state index contributed by atoms with van der Waals surface area (Å²) in [4.78, 5) is 3.93. The van der Waals surface area contributed by atoms with E-state index < -0.39 is 5.82 Å². The molecule has 0 N–H and O–H groups in total. The van der Waals surface area contributed by atoms with Gasteiger partial charge in [-0.05, 0) is 34.7 Å². The average molecular weight is 298 g/mol. The van der Waals surface area contributed by atoms with E-state index in [2.05, 4.69) is 4.98 Å². The molecule has 0 saturated carbocycles. The number of halogens is 2. The van der Waals surface area contributed by atoms with Crippen LogP contribution in [0.3, 0.4) is 0 Å². The summed E-state index contributed by atoms with van der Waals surface area (Å²) in [7, 11) is 0. The smallest absolute Gasteiger partial charge is 0.164 e. The third kappa shape index (κ3) is 1.34. The van der Waals surface area contributed by atoms with Crippen molar-refractivity contribution >= 4 is 33.5 Å². The van der Waals surface area contributed by atoms with Crippen LogP contribution in [-0.4, -0.2) is 4.98 Å². The van der Waals surface area contributed by atoms with E-state index in [4.69, 9.17) is 5.26 Å². The van der Waals surface area contributed by atoms with Crippen LogP contribution in [0.5, 0.6) is 0 Å². The molecule has 0 aliphatic heterocycles. The van der Waals surface area contributed by atoms with Crippen molar-refractivity contribution in [3.63, 3.8) is 0 Å². The summed E-state index contributed by atoms with van der Waals surface area (Å²) in [5.41, 5.74) is 0.666. The Morgan fingerprint density at radius 1 is 1.50 bits per heavy atom. The van der Waals surface area contributed by atoms with E-state index in [0.717, 1.165) is 0 Å². The second-order valence-electron chi connectivity index (χ2n) is 2.74. The number of nitrogens with zero attached hydrogens (tertiary/aromatic N) is 2. The van der Waals surface area contributed by atoms with Crippen molar-refractivity contribution in [1.29, 1.82) is 5.26 Å². The van der Waals surface area contributed by atoms with E-state index in [1.807, 2.05) is 28.7 Å². The van der Waals surface area contributed by atoms with E-state index >= 15 is 0 Å². The molecule has 1 heterocycles. The number of pyridine rings is 1. The second-order valence-corrected chi connectivity index (χ2v) is 3.82. The summed E-state index contributed by atoms with van der Waals surface area (Å²) in [6.45, 7) is 0. The molecule has 0 saturated heterocycles. The van der Waals surface area contributed by atoms with Gasteiger partial charge in [0.2, 0.25) is 0 Å². The molecule has 0 aliphatic rings. The van der Waals surface area contributed by atoms with Crippen LogP contribution >= 0.6 is 22.6 Å². The van der Waals surface area contributed by atoms with Crippen molar-refractivity contribution in [2.24, 2.45) is 0 Å². The predicted octanol–water partition coefficient (Wildman–Crippen LogP) is 2.85. The maximum absolute atomic E-state index is 13.6. The molecular formula is C10H4FIN2. The largest absolute Gasteiger partial charge is 0.253 e. The fourth-order valence-corrected chi connectivity index (χ4v) is 1.77. The SMILES string of the molecule is N#Cc1cc2cccnc2c(F)c1I. The van der Waals surface area contributed by atoms with Crippen LogP contribution in [0.4, 0.5) is 4.39 Å². The zero-order chi connectivity index (χ0) is 10.1. The molecule has 14 heavy (non-hydrogen) atoms. The Labute approximate surface area is 93.5 Å². The Morgan fingerprint density at radius 2 is 2.29 bits per heavy atom. The lowest BCUT2D eigenvalue weighted by Gasteiger charge is -2.01. The van der Waals surface area contributed by atoms with E-state index in [0.29, 0.717) is 20.0 Å². The van der Waals surface area contributed by atoms with Gasteiger partial charge in [-0.1, -0.05) is 6.07 Å². The third-order valence-electron chi connectivity index (χ3n) is 1.90. The van der Waals surface area contributed by atoms with E-state index in [1.54, 1.807) is 18.2 Å². The van der Waals surface area contributed by atoms with Crippen molar-refractivity contribution in [1.82, 2.24) is 4.98 Å². The molecule has 0 fully saturated rings. The Balaban J connectivity index is 2.94. The fourth-order valence-electron chi connectivity index (χ4n) is 1.24. The maximum Gasteiger partial charge on any atom is 0.164 e. The molecule has 0 atom stereocenters. The number of fused-ring (bicyclic) bond motifs is 1. The lowest BCUT2D eigenvalue weighted by molar-refractivity contribution is 0.629. The van der Waals surface area contributed by atoms with Gasteiger partial charge in [0.05, 0.1) is 9.13 Å². The molecule has 0 aliphatic carbocycles. The van der Waals surface area contributed by atoms with Crippen molar-refractivity contribution in [2.75, 3.05) is 0 Å². The number of hydrogen-bond donors (Lipinski definition) is 0. The van der Waals surface area contributed by atoms with E-state index in [-0.39, 0.29) is 0 Å². The first-order valence-electron chi connectivity index (χ1n) is 3.87. The predicted molar refractivity (Wildman–Crippen MR) is 59.1 cm³/mol. The standard InChI is InChI=1S/C10H4FIN2/c11-8-9(12)7(5-13)4-6-2-1-3-14-10(6)8/h1-4H. The molecule has 0 bridgehead atoms. The first-order chi connectivity index (χ1) is 6.74. The van der Waals surface area contributed by atoms with Gasteiger partial charge < -0.3 is 0 Å². The third-order valence-corrected chi connectivity index (χ3v) is 2.95. The number of benzene rings is 1. The van der Waals surface area contributed by atoms with Crippen LogP contribution in [0.1, 0.15) is 5.56 Å². The van der Waals surface area contributed by atoms with E-state index in [9.17, 15) is 4.39 Å².